The van der Waals surface area contributed by atoms with Crippen molar-refractivity contribution >= 4 is 50.5 Å². The lowest BCUT2D eigenvalue weighted by Crippen LogP contribution is -2.29. The predicted molar refractivity (Wildman–Crippen MR) is 86.1 cm³/mol. The second kappa shape index (κ2) is 5.36. The lowest BCUT2D eigenvalue weighted by molar-refractivity contribution is 0.592. The summed E-state index contributed by atoms with van der Waals surface area (Å²) >= 11 is 17.9. The first kappa shape index (κ1) is 15.0. The van der Waals surface area contributed by atoms with E-state index in [1.54, 1.807) is 24.3 Å². The maximum Gasteiger partial charge on any atom is 0.265 e. The van der Waals surface area contributed by atoms with E-state index in [-0.39, 0.29) is 9.92 Å². The van der Waals surface area contributed by atoms with Crippen LogP contribution in [0.25, 0.3) is 0 Å². The molecule has 0 unspecified atom stereocenters. The number of benzene rings is 2. The molecule has 0 aliphatic carbocycles. The molecule has 0 atom stereocenters. The Labute approximate surface area is 138 Å². The first-order valence-electron chi connectivity index (χ1n) is 6.16. The van der Waals surface area contributed by atoms with Gasteiger partial charge in [0.2, 0.25) is 0 Å². The van der Waals surface area contributed by atoms with Gasteiger partial charge in [0.1, 0.15) is 4.90 Å². The topological polar surface area (TPSA) is 37.4 Å². The lowest BCUT2D eigenvalue weighted by Gasteiger charge is -2.20. The normalized spacial score (nSPS) is 14.3. The first-order chi connectivity index (χ1) is 9.89. The molecular weight excluding hydrogens is 353 g/mol. The number of fused-ring (bicyclic) bond motifs is 1. The number of rotatable bonds is 2. The molecule has 1 aliphatic rings. The van der Waals surface area contributed by atoms with Crippen LogP contribution in [0.15, 0.2) is 41.3 Å². The molecule has 21 heavy (non-hydrogen) atoms. The minimum atomic E-state index is -3.74. The molecule has 0 saturated heterocycles. The van der Waals surface area contributed by atoms with Crippen LogP contribution < -0.4 is 4.31 Å². The van der Waals surface area contributed by atoms with E-state index in [1.807, 2.05) is 0 Å². The summed E-state index contributed by atoms with van der Waals surface area (Å²) in [5.41, 5.74) is 1.54. The summed E-state index contributed by atoms with van der Waals surface area (Å²) in [5.74, 6) is 0. The molecule has 2 aromatic rings. The summed E-state index contributed by atoms with van der Waals surface area (Å²) in [6.45, 7) is 0.362. The van der Waals surface area contributed by atoms with Crippen molar-refractivity contribution in [3.05, 3.63) is 57.0 Å². The van der Waals surface area contributed by atoms with Gasteiger partial charge in [-0.15, -0.1) is 0 Å². The zero-order chi connectivity index (χ0) is 15.2. The second-order valence-corrected chi connectivity index (χ2v) is 7.79. The van der Waals surface area contributed by atoms with Crippen molar-refractivity contribution in [1.82, 2.24) is 0 Å². The Bertz CT molecular complexity index is 821. The molecule has 2 aromatic carbocycles. The van der Waals surface area contributed by atoms with Gasteiger partial charge in [-0.25, -0.2) is 8.42 Å². The van der Waals surface area contributed by atoms with Gasteiger partial charge >= 0.3 is 0 Å². The third-order valence-electron chi connectivity index (χ3n) is 3.36. The van der Waals surface area contributed by atoms with Gasteiger partial charge in [-0.2, -0.15) is 0 Å². The molecule has 0 bridgehead atoms. The van der Waals surface area contributed by atoms with Crippen LogP contribution in [-0.4, -0.2) is 15.0 Å². The molecule has 0 spiro atoms. The SMILES string of the molecule is O=S(=O)(c1cc(Cl)ccc1Cl)N1CCc2cc(Cl)ccc21. The zero-order valence-electron chi connectivity index (χ0n) is 10.7. The van der Waals surface area contributed by atoms with Gasteiger partial charge in [0.05, 0.1) is 10.7 Å². The third-order valence-corrected chi connectivity index (χ3v) is 6.12. The maximum absolute atomic E-state index is 12.8. The van der Waals surface area contributed by atoms with E-state index < -0.39 is 10.0 Å². The van der Waals surface area contributed by atoms with E-state index in [2.05, 4.69) is 0 Å². The lowest BCUT2D eigenvalue weighted by atomic mass is 10.2. The van der Waals surface area contributed by atoms with E-state index >= 15 is 0 Å². The van der Waals surface area contributed by atoms with Crippen LogP contribution in [0, 0.1) is 0 Å². The van der Waals surface area contributed by atoms with Gasteiger partial charge in [0, 0.05) is 16.6 Å². The van der Waals surface area contributed by atoms with Gasteiger partial charge in [-0.05, 0) is 48.4 Å². The van der Waals surface area contributed by atoms with Crippen LogP contribution in [0.2, 0.25) is 15.1 Å². The molecule has 110 valence electrons. The quantitative estimate of drug-likeness (QED) is 0.794. The molecule has 0 saturated carbocycles. The number of anilines is 1. The summed E-state index contributed by atoms with van der Waals surface area (Å²) in [7, 11) is -3.74. The van der Waals surface area contributed by atoms with Gasteiger partial charge in [0.25, 0.3) is 10.0 Å². The van der Waals surface area contributed by atoms with E-state index in [1.165, 1.54) is 16.4 Å². The number of hydrogen-bond donors (Lipinski definition) is 0. The molecule has 7 heteroatoms. The fourth-order valence-electron chi connectivity index (χ4n) is 2.38. The summed E-state index contributed by atoms with van der Waals surface area (Å²) in [5, 5.41) is 1.07. The predicted octanol–water partition coefficient (Wildman–Crippen LogP) is 4.40. The van der Waals surface area contributed by atoms with Gasteiger partial charge in [0.15, 0.2) is 0 Å². The van der Waals surface area contributed by atoms with Crippen LogP contribution in [0.4, 0.5) is 5.69 Å². The standard InChI is InChI=1S/C14H10Cl3NO2S/c15-10-2-4-13-9(7-10)5-6-18(13)21(19,20)14-8-11(16)1-3-12(14)17/h1-4,7-8H,5-6H2. The smallest absolute Gasteiger partial charge is 0.265 e. The first-order valence-corrected chi connectivity index (χ1v) is 8.73. The van der Waals surface area contributed by atoms with Gasteiger partial charge < -0.3 is 0 Å². The van der Waals surface area contributed by atoms with E-state index in [9.17, 15) is 8.42 Å². The summed E-state index contributed by atoms with van der Waals surface area (Å²) in [6, 6.07) is 9.57. The molecule has 0 aromatic heterocycles. The van der Waals surface area contributed by atoms with Crippen molar-refractivity contribution < 1.29 is 8.42 Å². The molecule has 3 rings (SSSR count). The minimum Gasteiger partial charge on any atom is -0.266 e. The van der Waals surface area contributed by atoms with Crippen molar-refractivity contribution in [2.45, 2.75) is 11.3 Å². The van der Waals surface area contributed by atoms with Crippen molar-refractivity contribution in [3.63, 3.8) is 0 Å². The Morgan fingerprint density at radius 3 is 2.38 bits per heavy atom. The zero-order valence-corrected chi connectivity index (χ0v) is 13.8. The highest BCUT2D eigenvalue weighted by Crippen LogP contribution is 2.36. The average Bonchev–Trinajstić information content (AvgIpc) is 2.84. The molecule has 3 nitrogen and oxygen atoms in total. The highest BCUT2D eigenvalue weighted by Gasteiger charge is 2.32. The molecule has 1 aliphatic heterocycles. The summed E-state index contributed by atoms with van der Waals surface area (Å²) in [4.78, 5) is 0.0134. The summed E-state index contributed by atoms with van der Waals surface area (Å²) in [6.07, 6.45) is 0.618. The largest absolute Gasteiger partial charge is 0.266 e. The van der Waals surface area contributed by atoms with Crippen LogP contribution in [0.1, 0.15) is 5.56 Å². The average molecular weight is 363 g/mol. The fourth-order valence-corrected chi connectivity index (χ4v) is 4.82. The molecule has 0 fully saturated rings. The number of halogens is 3. The highest BCUT2D eigenvalue weighted by atomic mass is 35.5. The summed E-state index contributed by atoms with van der Waals surface area (Å²) < 4.78 is 27.0. The number of sulfonamides is 1. The number of hydrogen-bond acceptors (Lipinski definition) is 2. The van der Waals surface area contributed by atoms with E-state index in [0.717, 1.165) is 5.56 Å². The van der Waals surface area contributed by atoms with Crippen molar-refractivity contribution in [2.75, 3.05) is 10.8 Å². The Hall–Kier alpha value is -0.940. The monoisotopic (exact) mass is 361 g/mol. The van der Waals surface area contributed by atoms with Gasteiger partial charge in [-0.1, -0.05) is 34.8 Å². The molecule has 0 amide bonds. The maximum atomic E-state index is 12.8. The van der Waals surface area contributed by atoms with Gasteiger partial charge in [-0.3, -0.25) is 4.31 Å². The molecule has 0 radical (unpaired) electrons. The second-order valence-electron chi connectivity index (χ2n) is 4.67. The third kappa shape index (κ3) is 2.61. The van der Waals surface area contributed by atoms with E-state index in [0.29, 0.717) is 28.7 Å². The molecule has 0 N–H and O–H groups in total. The van der Waals surface area contributed by atoms with Crippen molar-refractivity contribution in [2.24, 2.45) is 0 Å². The Kier molecular flexibility index (Phi) is 3.82. The van der Waals surface area contributed by atoms with Crippen LogP contribution in [-0.2, 0) is 16.4 Å². The Balaban J connectivity index is 2.11. The molecular formula is C14H10Cl3NO2S. The van der Waals surface area contributed by atoms with Crippen LogP contribution in [0.3, 0.4) is 0 Å². The van der Waals surface area contributed by atoms with Crippen LogP contribution in [0.5, 0.6) is 0 Å². The van der Waals surface area contributed by atoms with Crippen molar-refractivity contribution in [1.29, 1.82) is 0 Å². The highest BCUT2D eigenvalue weighted by molar-refractivity contribution is 7.93. The minimum absolute atomic E-state index is 0.0134. The Morgan fingerprint density at radius 2 is 1.62 bits per heavy atom. The Morgan fingerprint density at radius 1 is 0.952 bits per heavy atom. The fraction of sp³-hybridized carbons (Fsp3) is 0.143. The number of nitrogens with zero attached hydrogens (tertiary/aromatic N) is 1. The van der Waals surface area contributed by atoms with Crippen LogP contribution >= 0.6 is 34.8 Å². The molecule has 1 heterocycles. The van der Waals surface area contributed by atoms with Crippen molar-refractivity contribution in [3.8, 4) is 0 Å². The van der Waals surface area contributed by atoms with E-state index in [4.69, 9.17) is 34.8 Å².